The van der Waals surface area contributed by atoms with E-state index in [1.807, 2.05) is 6.08 Å². The molecule has 0 bridgehead atoms. The van der Waals surface area contributed by atoms with E-state index in [0.29, 0.717) is 12.0 Å². The van der Waals surface area contributed by atoms with Gasteiger partial charge in [0.05, 0.1) is 26.2 Å². The van der Waals surface area contributed by atoms with Gasteiger partial charge in [-0.15, -0.1) is 0 Å². The van der Waals surface area contributed by atoms with Gasteiger partial charge in [-0.2, -0.15) is 8.42 Å². The summed E-state index contributed by atoms with van der Waals surface area (Å²) >= 11 is 0. The molecule has 0 radical (unpaired) electrons. The minimum Gasteiger partial charge on any atom is -0.390 e. The molecule has 3 rings (SSSR count). The third-order valence-electron chi connectivity index (χ3n) is 4.82. The molecule has 1 fully saturated rings. The van der Waals surface area contributed by atoms with Crippen molar-refractivity contribution in [2.45, 2.75) is 42.2 Å². The van der Waals surface area contributed by atoms with Crippen LogP contribution >= 0.6 is 0 Å². The fourth-order valence-corrected chi connectivity index (χ4v) is 6.94. The number of sulfone groups is 2. The highest BCUT2D eigenvalue weighted by Crippen LogP contribution is 2.42. The molecular weight excluding hydrogens is 436 g/mol. The zero-order valence-electron chi connectivity index (χ0n) is 15.8. The molecule has 7 nitrogen and oxygen atoms in total. The van der Waals surface area contributed by atoms with Gasteiger partial charge in [0.1, 0.15) is 6.26 Å². The predicted molar refractivity (Wildman–Crippen MR) is 110 cm³/mol. The molecule has 0 amide bonds. The minimum atomic E-state index is -3.80. The Bertz CT molecular complexity index is 1180. The quantitative estimate of drug-likeness (QED) is 0.492. The highest BCUT2D eigenvalue weighted by Gasteiger charge is 2.38. The first-order chi connectivity index (χ1) is 13.5. The zero-order chi connectivity index (χ0) is 21.3. The van der Waals surface area contributed by atoms with E-state index in [-0.39, 0.29) is 27.5 Å². The molecule has 1 atom stereocenters. The van der Waals surface area contributed by atoms with Crippen LogP contribution in [0.4, 0.5) is 0 Å². The van der Waals surface area contributed by atoms with Crippen molar-refractivity contribution in [2.24, 2.45) is 0 Å². The maximum absolute atomic E-state index is 12.8. The third-order valence-corrected chi connectivity index (χ3v) is 9.37. The van der Waals surface area contributed by atoms with E-state index in [4.69, 9.17) is 0 Å². The highest BCUT2D eigenvalue weighted by atomic mass is 32.2. The van der Waals surface area contributed by atoms with Crippen molar-refractivity contribution in [2.75, 3.05) is 6.26 Å². The number of hydrogen-bond acceptors (Lipinski definition) is 7. The van der Waals surface area contributed by atoms with E-state index >= 15 is 0 Å². The van der Waals surface area contributed by atoms with Crippen LogP contribution in [0.1, 0.15) is 42.9 Å². The van der Waals surface area contributed by atoms with Gasteiger partial charge in [-0.3, -0.25) is 0 Å². The average molecular weight is 459 g/mol. The van der Waals surface area contributed by atoms with Crippen LogP contribution in [0.3, 0.4) is 0 Å². The SMILES string of the molecule is CS(=O)(=O)O/C=C1\CCC(c2ccc(S(=O)(=O)C3=CCCCC=C3)cc2)S1(=O)=O. The largest absolute Gasteiger partial charge is 0.390 e. The number of hydrogen-bond donors (Lipinski definition) is 0. The maximum atomic E-state index is 12.8. The van der Waals surface area contributed by atoms with Crippen LogP contribution in [0.25, 0.3) is 0 Å². The van der Waals surface area contributed by atoms with Crippen LogP contribution in [0.5, 0.6) is 0 Å². The molecule has 158 valence electrons. The lowest BCUT2D eigenvalue weighted by atomic mass is 10.1. The minimum absolute atomic E-state index is 0.0848. The standard InChI is InChI=1S/C19H22O7S3/c1-27(20,21)26-14-18-12-13-19(29(18,24)25)15-8-10-17(11-9-15)28(22,23)16-6-4-2-3-5-7-16/h4,6-11,14,19H,2-3,5,12-13H2,1H3/b18-14+. The summed E-state index contributed by atoms with van der Waals surface area (Å²) in [5.74, 6) is 0. The first-order valence-corrected chi connectivity index (χ1v) is 13.9. The van der Waals surface area contributed by atoms with Crippen molar-refractivity contribution >= 4 is 29.8 Å². The smallest absolute Gasteiger partial charge is 0.305 e. The van der Waals surface area contributed by atoms with Crippen LogP contribution in [-0.2, 0) is 34.0 Å². The van der Waals surface area contributed by atoms with E-state index in [1.54, 1.807) is 12.2 Å². The van der Waals surface area contributed by atoms with E-state index in [0.717, 1.165) is 25.4 Å². The van der Waals surface area contributed by atoms with Gasteiger partial charge < -0.3 is 4.18 Å². The second kappa shape index (κ2) is 8.08. The Morgan fingerprint density at radius 2 is 1.76 bits per heavy atom. The maximum Gasteiger partial charge on any atom is 0.305 e. The van der Waals surface area contributed by atoms with Gasteiger partial charge in [0.15, 0.2) is 9.84 Å². The van der Waals surface area contributed by atoms with Gasteiger partial charge in [-0.25, -0.2) is 16.8 Å². The molecule has 1 saturated heterocycles. The van der Waals surface area contributed by atoms with Gasteiger partial charge >= 0.3 is 10.1 Å². The van der Waals surface area contributed by atoms with E-state index < -0.39 is 35.0 Å². The van der Waals surface area contributed by atoms with Crippen LogP contribution < -0.4 is 0 Å². The number of allylic oxidation sites excluding steroid dienone is 4. The Balaban J connectivity index is 1.86. The number of rotatable bonds is 5. The normalized spacial score (nSPS) is 23.6. The lowest BCUT2D eigenvalue weighted by Crippen LogP contribution is -2.09. The van der Waals surface area contributed by atoms with Crippen LogP contribution in [0.2, 0.25) is 0 Å². The third kappa shape index (κ3) is 4.81. The van der Waals surface area contributed by atoms with E-state index in [9.17, 15) is 25.3 Å². The molecule has 10 heteroatoms. The molecule has 0 N–H and O–H groups in total. The Labute approximate surface area is 171 Å². The fraction of sp³-hybridized carbons (Fsp3) is 0.368. The molecule has 0 saturated carbocycles. The van der Waals surface area contributed by atoms with Crippen molar-refractivity contribution < 1.29 is 29.4 Å². The predicted octanol–water partition coefficient (Wildman–Crippen LogP) is 3.15. The molecule has 1 aliphatic carbocycles. The van der Waals surface area contributed by atoms with Crippen LogP contribution in [0, 0.1) is 0 Å². The first kappa shape index (κ1) is 21.8. The lowest BCUT2D eigenvalue weighted by molar-refractivity contribution is 0.447. The van der Waals surface area contributed by atoms with Crippen molar-refractivity contribution in [3.63, 3.8) is 0 Å². The molecule has 1 unspecified atom stereocenters. The van der Waals surface area contributed by atoms with Crippen molar-refractivity contribution in [3.05, 3.63) is 64.1 Å². The van der Waals surface area contributed by atoms with Crippen molar-refractivity contribution in [1.82, 2.24) is 0 Å². The molecular formula is C19H22O7S3. The van der Waals surface area contributed by atoms with Gasteiger partial charge in [-0.1, -0.05) is 24.3 Å². The van der Waals surface area contributed by atoms with Gasteiger partial charge in [-0.05, 0) is 55.9 Å². The van der Waals surface area contributed by atoms with Crippen LogP contribution in [-0.4, -0.2) is 31.5 Å². The Morgan fingerprint density at radius 1 is 1.07 bits per heavy atom. The number of benzene rings is 1. The molecule has 1 heterocycles. The first-order valence-electron chi connectivity index (χ1n) is 9.05. The van der Waals surface area contributed by atoms with Gasteiger partial charge in [0, 0.05) is 0 Å². The van der Waals surface area contributed by atoms with E-state index in [2.05, 4.69) is 4.18 Å². The lowest BCUT2D eigenvalue weighted by Gasteiger charge is -2.11. The fourth-order valence-electron chi connectivity index (χ4n) is 3.31. The molecule has 2 aliphatic rings. The van der Waals surface area contributed by atoms with Gasteiger partial charge in [0.2, 0.25) is 9.84 Å². The molecule has 1 aromatic rings. The molecule has 29 heavy (non-hydrogen) atoms. The second-order valence-electron chi connectivity index (χ2n) is 6.97. The zero-order valence-corrected chi connectivity index (χ0v) is 18.3. The summed E-state index contributed by atoms with van der Waals surface area (Å²) in [7, 11) is -11.2. The summed E-state index contributed by atoms with van der Waals surface area (Å²) in [6.07, 6.45) is 9.58. The van der Waals surface area contributed by atoms with E-state index in [1.165, 1.54) is 24.3 Å². The molecule has 0 aromatic heterocycles. The Kier molecular flexibility index (Phi) is 6.07. The Morgan fingerprint density at radius 3 is 2.41 bits per heavy atom. The summed E-state index contributed by atoms with van der Waals surface area (Å²) in [6.45, 7) is 0. The summed E-state index contributed by atoms with van der Waals surface area (Å²) in [5, 5.41) is -0.870. The Hall–Kier alpha value is -1.91. The summed E-state index contributed by atoms with van der Waals surface area (Å²) < 4.78 is 77.7. The van der Waals surface area contributed by atoms with Gasteiger partial charge in [0.25, 0.3) is 0 Å². The van der Waals surface area contributed by atoms with Crippen molar-refractivity contribution in [1.29, 1.82) is 0 Å². The molecule has 1 aromatic carbocycles. The summed E-state index contributed by atoms with van der Waals surface area (Å²) in [6, 6.07) is 5.82. The van der Waals surface area contributed by atoms with Crippen molar-refractivity contribution in [3.8, 4) is 0 Å². The average Bonchev–Trinajstić information content (AvgIpc) is 2.81. The summed E-state index contributed by atoms with van der Waals surface area (Å²) in [4.78, 5) is 0.267. The topological polar surface area (TPSA) is 112 Å². The molecule has 1 aliphatic heterocycles. The highest BCUT2D eigenvalue weighted by molar-refractivity contribution is 7.96. The molecule has 0 spiro atoms. The van der Waals surface area contributed by atoms with Crippen LogP contribution in [0.15, 0.2) is 63.5 Å². The second-order valence-corrected chi connectivity index (χ2v) is 12.7. The monoisotopic (exact) mass is 458 g/mol. The summed E-state index contributed by atoms with van der Waals surface area (Å²) in [5.41, 5.74) is 0.456.